The number of benzene rings is 2. The molecule has 0 aliphatic carbocycles. The number of nitrogens with one attached hydrogen (secondary N) is 1. The van der Waals surface area contributed by atoms with Crippen molar-refractivity contribution >= 4 is 11.8 Å². The molecule has 3 atom stereocenters. The van der Waals surface area contributed by atoms with Crippen LogP contribution in [0.15, 0.2) is 54.6 Å². The summed E-state index contributed by atoms with van der Waals surface area (Å²) in [5.41, 5.74) is 1.24. The number of rotatable bonds is 3. The van der Waals surface area contributed by atoms with Gasteiger partial charge < -0.3 is 10.2 Å². The highest BCUT2D eigenvalue weighted by molar-refractivity contribution is 5.95. The van der Waals surface area contributed by atoms with E-state index < -0.39 is 0 Å². The summed E-state index contributed by atoms with van der Waals surface area (Å²) in [5.74, 6) is -0.236. The van der Waals surface area contributed by atoms with Crippen LogP contribution in [0.5, 0.6) is 0 Å². The van der Waals surface area contributed by atoms with Gasteiger partial charge in [-0.1, -0.05) is 42.8 Å². The minimum Gasteiger partial charge on any atom is -0.351 e. The van der Waals surface area contributed by atoms with Crippen molar-refractivity contribution < 1.29 is 14.0 Å². The SMILES string of the molecule is O=C1CCCC[C@@H]2[C@H](C[C@@H](Cc3ccccc3F)N2C(=O)c2ccccc2)N1. The normalized spacial score (nSPS) is 24.8. The van der Waals surface area contributed by atoms with E-state index in [9.17, 15) is 14.0 Å². The zero-order valence-corrected chi connectivity index (χ0v) is 15.8. The second-order valence-corrected chi connectivity index (χ2v) is 7.75. The molecule has 4 nitrogen and oxygen atoms in total. The lowest BCUT2D eigenvalue weighted by Crippen LogP contribution is -2.49. The quantitative estimate of drug-likeness (QED) is 0.883. The maximum Gasteiger partial charge on any atom is 0.254 e. The highest BCUT2D eigenvalue weighted by atomic mass is 19.1. The fourth-order valence-electron chi connectivity index (χ4n) is 4.59. The lowest BCUT2D eigenvalue weighted by Gasteiger charge is -2.33. The Bertz CT molecular complexity index is 855. The molecule has 2 aliphatic heterocycles. The van der Waals surface area contributed by atoms with Gasteiger partial charge in [0.25, 0.3) is 5.91 Å². The topological polar surface area (TPSA) is 49.4 Å². The van der Waals surface area contributed by atoms with Crippen LogP contribution in [-0.4, -0.2) is 34.8 Å². The monoisotopic (exact) mass is 380 g/mol. The summed E-state index contributed by atoms with van der Waals surface area (Å²) >= 11 is 0. The van der Waals surface area contributed by atoms with Gasteiger partial charge in [0.15, 0.2) is 0 Å². The molecule has 0 unspecified atom stereocenters. The minimum atomic E-state index is -0.247. The Morgan fingerprint density at radius 2 is 1.82 bits per heavy atom. The Labute approximate surface area is 164 Å². The van der Waals surface area contributed by atoms with Crippen molar-refractivity contribution in [3.63, 3.8) is 0 Å². The molecule has 2 aromatic carbocycles. The Balaban J connectivity index is 1.66. The Morgan fingerprint density at radius 1 is 1.07 bits per heavy atom. The third kappa shape index (κ3) is 3.79. The van der Waals surface area contributed by atoms with Crippen LogP contribution in [0.25, 0.3) is 0 Å². The first-order chi connectivity index (χ1) is 13.6. The molecule has 4 rings (SSSR count). The molecule has 28 heavy (non-hydrogen) atoms. The van der Waals surface area contributed by atoms with Crippen molar-refractivity contribution in [3.05, 3.63) is 71.5 Å². The smallest absolute Gasteiger partial charge is 0.254 e. The van der Waals surface area contributed by atoms with Gasteiger partial charge >= 0.3 is 0 Å². The molecule has 0 bridgehead atoms. The first-order valence-corrected chi connectivity index (χ1v) is 10.0. The van der Waals surface area contributed by atoms with Crippen molar-refractivity contribution in [2.24, 2.45) is 0 Å². The standard InChI is InChI=1S/C23H25FN2O2/c24-19-11-5-4-10-17(19)14-18-15-20-21(12-6-7-13-22(27)25-20)26(18)23(28)16-8-2-1-3-9-16/h1-5,8-11,18,20-21H,6-7,12-15H2,(H,25,27)/t18-,20+,21-/m1/s1. The van der Waals surface area contributed by atoms with Gasteiger partial charge in [0.1, 0.15) is 5.82 Å². The summed E-state index contributed by atoms with van der Waals surface area (Å²) in [4.78, 5) is 27.5. The number of nitrogens with zero attached hydrogens (tertiary/aromatic N) is 1. The first-order valence-electron chi connectivity index (χ1n) is 10.0. The molecule has 2 fully saturated rings. The Morgan fingerprint density at radius 3 is 2.61 bits per heavy atom. The van der Waals surface area contributed by atoms with E-state index >= 15 is 0 Å². The molecule has 0 aromatic heterocycles. The van der Waals surface area contributed by atoms with Crippen LogP contribution in [-0.2, 0) is 11.2 Å². The molecule has 2 aliphatic rings. The number of hydrogen-bond donors (Lipinski definition) is 1. The van der Waals surface area contributed by atoms with Crippen LogP contribution >= 0.6 is 0 Å². The number of carbonyl (C=O) groups excluding carboxylic acids is 2. The van der Waals surface area contributed by atoms with Crippen molar-refractivity contribution in [3.8, 4) is 0 Å². The molecule has 5 heteroatoms. The molecule has 2 amide bonds. The van der Waals surface area contributed by atoms with Crippen LogP contribution in [0.4, 0.5) is 4.39 Å². The lowest BCUT2D eigenvalue weighted by molar-refractivity contribution is -0.122. The number of fused-ring (bicyclic) bond motifs is 1. The van der Waals surface area contributed by atoms with Crippen LogP contribution in [0.3, 0.4) is 0 Å². The van der Waals surface area contributed by atoms with Gasteiger partial charge in [-0.25, -0.2) is 4.39 Å². The summed E-state index contributed by atoms with van der Waals surface area (Å²) in [5, 5.41) is 3.12. The van der Waals surface area contributed by atoms with E-state index in [0.717, 1.165) is 19.3 Å². The van der Waals surface area contributed by atoms with Crippen molar-refractivity contribution in [1.82, 2.24) is 10.2 Å². The summed E-state index contributed by atoms with van der Waals surface area (Å²) in [7, 11) is 0. The van der Waals surface area contributed by atoms with Crippen LogP contribution in [0.1, 0.15) is 48.0 Å². The number of carbonyl (C=O) groups is 2. The first kappa shape index (κ1) is 18.7. The Kier molecular flexibility index (Phi) is 5.42. The highest BCUT2D eigenvalue weighted by Gasteiger charge is 2.44. The second kappa shape index (κ2) is 8.13. The maximum absolute atomic E-state index is 14.3. The van der Waals surface area contributed by atoms with Crippen molar-refractivity contribution in [1.29, 1.82) is 0 Å². The second-order valence-electron chi connectivity index (χ2n) is 7.75. The molecule has 1 N–H and O–H groups in total. The van der Waals surface area contributed by atoms with Crippen LogP contribution in [0, 0.1) is 5.82 Å². The van der Waals surface area contributed by atoms with Gasteiger partial charge in [-0.2, -0.15) is 0 Å². The average molecular weight is 380 g/mol. The lowest BCUT2D eigenvalue weighted by atomic mass is 9.97. The van der Waals surface area contributed by atoms with E-state index in [4.69, 9.17) is 0 Å². The average Bonchev–Trinajstić information content (AvgIpc) is 3.01. The van der Waals surface area contributed by atoms with E-state index in [-0.39, 0.29) is 35.8 Å². The third-order valence-corrected chi connectivity index (χ3v) is 5.91. The van der Waals surface area contributed by atoms with Gasteiger partial charge in [0.2, 0.25) is 5.91 Å². The van der Waals surface area contributed by atoms with Crippen molar-refractivity contribution in [2.45, 2.75) is 56.7 Å². The van der Waals surface area contributed by atoms with Gasteiger partial charge in [0, 0.05) is 18.0 Å². The molecule has 0 radical (unpaired) electrons. The zero-order valence-electron chi connectivity index (χ0n) is 15.8. The maximum atomic E-state index is 14.3. The van der Waals surface area contributed by atoms with E-state index in [1.54, 1.807) is 12.1 Å². The molecule has 0 saturated carbocycles. The van der Waals surface area contributed by atoms with Gasteiger partial charge in [-0.05, 0) is 49.4 Å². The van der Waals surface area contributed by atoms with E-state index in [2.05, 4.69) is 5.32 Å². The van der Waals surface area contributed by atoms with Crippen LogP contribution in [0.2, 0.25) is 0 Å². The molecular weight excluding hydrogens is 355 g/mol. The van der Waals surface area contributed by atoms with Gasteiger partial charge in [-0.3, -0.25) is 9.59 Å². The Hall–Kier alpha value is -2.69. The molecule has 2 saturated heterocycles. The van der Waals surface area contributed by atoms with Gasteiger partial charge in [-0.15, -0.1) is 0 Å². The molecule has 0 spiro atoms. The van der Waals surface area contributed by atoms with Crippen molar-refractivity contribution in [2.75, 3.05) is 0 Å². The zero-order chi connectivity index (χ0) is 19.5. The molecule has 2 aromatic rings. The summed E-state index contributed by atoms with van der Waals surface area (Å²) in [6, 6.07) is 15.7. The molecule has 146 valence electrons. The predicted octanol–water partition coefficient (Wildman–Crippen LogP) is 3.71. The van der Waals surface area contributed by atoms with E-state index in [1.165, 1.54) is 6.07 Å². The highest BCUT2D eigenvalue weighted by Crippen LogP contribution is 2.33. The number of amides is 2. The fraction of sp³-hybridized carbons (Fsp3) is 0.391. The van der Waals surface area contributed by atoms with E-state index in [1.807, 2.05) is 41.3 Å². The number of hydrogen-bond acceptors (Lipinski definition) is 2. The number of halogens is 1. The van der Waals surface area contributed by atoms with Gasteiger partial charge in [0.05, 0.1) is 12.1 Å². The molecular formula is C23H25FN2O2. The summed E-state index contributed by atoms with van der Waals surface area (Å²) < 4.78 is 14.3. The largest absolute Gasteiger partial charge is 0.351 e. The number of likely N-dealkylation sites (tertiary alicyclic amines) is 1. The summed E-state index contributed by atoms with van der Waals surface area (Å²) in [6.45, 7) is 0. The minimum absolute atomic E-state index is 0.0377. The third-order valence-electron chi connectivity index (χ3n) is 5.91. The predicted molar refractivity (Wildman–Crippen MR) is 105 cm³/mol. The van der Waals surface area contributed by atoms with E-state index in [0.29, 0.717) is 30.4 Å². The fourth-order valence-corrected chi connectivity index (χ4v) is 4.59. The van der Waals surface area contributed by atoms with Crippen LogP contribution < -0.4 is 5.32 Å². The molecule has 2 heterocycles. The summed E-state index contributed by atoms with van der Waals surface area (Å²) in [6.07, 6.45) is 4.25.